The topological polar surface area (TPSA) is 100 Å². The van der Waals surface area contributed by atoms with E-state index in [1.807, 2.05) is 57.3 Å². The van der Waals surface area contributed by atoms with Crippen LogP contribution in [0.4, 0.5) is 4.79 Å². The second kappa shape index (κ2) is 10.5. The van der Waals surface area contributed by atoms with Gasteiger partial charge in [0, 0.05) is 49.3 Å². The largest absolute Gasteiger partial charge is 0.493 e. The number of methoxy groups -OCH3 is 2. The van der Waals surface area contributed by atoms with Crippen LogP contribution in [0.5, 0.6) is 17.4 Å². The molecule has 0 atom stereocenters. The first kappa shape index (κ1) is 25.8. The number of nitrogens with zero attached hydrogens (tertiary/aromatic N) is 5. The molecule has 1 aliphatic rings. The maximum Gasteiger partial charge on any atom is 0.410 e. The smallest absolute Gasteiger partial charge is 0.410 e. The maximum absolute atomic E-state index is 12.3. The number of carbonyl (C=O) groups excluding carboxylic acids is 1. The molecule has 11 heteroatoms. The Morgan fingerprint density at radius 3 is 2.42 bits per heavy atom. The first-order valence-corrected chi connectivity index (χ1v) is 13.2. The Kier molecular flexibility index (Phi) is 7.11. The van der Waals surface area contributed by atoms with Crippen molar-refractivity contribution in [2.24, 2.45) is 0 Å². The van der Waals surface area contributed by atoms with Gasteiger partial charge in [0.25, 0.3) is 0 Å². The van der Waals surface area contributed by atoms with E-state index in [2.05, 4.69) is 4.98 Å². The van der Waals surface area contributed by atoms with Gasteiger partial charge in [-0.2, -0.15) is 5.10 Å². The molecule has 1 saturated heterocycles. The third kappa shape index (κ3) is 5.67. The fourth-order valence-corrected chi connectivity index (χ4v) is 5.05. The minimum Gasteiger partial charge on any atom is -0.493 e. The van der Waals surface area contributed by atoms with Gasteiger partial charge < -0.3 is 23.8 Å². The Morgan fingerprint density at radius 2 is 1.79 bits per heavy atom. The second-order valence-electron chi connectivity index (χ2n) is 10.00. The number of likely N-dealkylation sites (tertiary alicyclic amines) is 1. The normalized spacial score (nSPS) is 14.5. The summed E-state index contributed by atoms with van der Waals surface area (Å²) in [6, 6.07) is 9.54. The molecule has 0 spiro atoms. The molecule has 1 amide bonds. The monoisotopic (exact) mass is 537 g/mol. The summed E-state index contributed by atoms with van der Waals surface area (Å²) >= 11 is 1.49. The molecule has 1 aliphatic heterocycles. The number of piperidine rings is 1. The molecule has 0 aliphatic carbocycles. The molecule has 0 radical (unpaired) electrons. The summed E-state index contributed by atoms with van der Waals surface area (Å²) < 4.78 is 24.3. The van der Waals surface area contributed by atoms with Crippen LogP contribution in [0.3, 0.4) is 0 Å². The van der Waals surface area contributed by atoms with Crippen molar-refractivity contribution in [2.75, 3.05) is 27.3 Å². The minimum atomic E-state index is -0.504. The first-order valence-electron chi connectivity index (χ1n) is 12.4. The number of rotatable bonds is 6. The van der Waals surface area contributed by atoms with Gasteiger partial charge in [0.2, 0.25) is 10.8 Å². The number of carbonyl (C=O) groups is 1. The van der Waals surface area contributed by atoms with Crippen molar-refractivity contribution in [3.8, 4) is 39.2 Å². The standard InChI is InChI=1S/C27H31N5O5S/c1-27(2,3)37-26(33)31-12-10-19(11-13-31)36-21-8-6-17(14-22(21)34-4)24-30-32-16-20(29-25(32)38-24)18-7-9-23(35-5)28-15-18/h6-9,14-16,19H,10-13H2,1-5H3. The average Bonchev–Trinajstić information content (AvgIpc) is 3.48. The van der Waals surface area contributed by atoms with Crippen LogP contribution in [-0.2, 0) is 4.74 Å². The molecule has 0 saturated carbocycles. The summed E-state index contributed by atoms with van der Waals surface area (Å²) in [6.45, 7) is 6.80. The number of ether oxygens (including phenoxy) is 4. The summed E-state index contributed by atoms with van der Waals surface area (Å²) in [5.74, 6) is 1.86. The highest BCUT2D eigenvalue weighted by Crippen LogP contribution is 2.36. The summed E-state index contributed by atoms with van der Waals surface area (Å²) in [4.78, 5) is 23.8. The predicted molar refractivity (Wildman–Crippen MR) is 144 cm³/mol. The van der Waals surface area contributed by atoms with Gasteiger partial charge in [-0.15, -0.1) is 0 Å². The highest BCUT2D eigenvalue weighted by atomic mass is 32.1. The lowest BCUT2D eigenvalue weighted by Crippen LogP contribution is -2.44. The second-order valence-corrected chi connectivity index (χ2v) is 11.0. The van der Waals surface area contributed by atoms with E-state index in [0.717, 1.165) is 39.6 Å². The zero-order chi connectivity index (χ0) is 26.9. The molecule has 4 heterocycles. The molecule has 200 valence electrons. The number of imidazole rings is 1. The lowest BCUT2D eigenvalue weighted by atomic mass is 10.1. The van der Waals surface area contributed by atoms with E-state index in [0.29, 0.717) is 30.5 Å². The summed E-state index contributed by atoms with van der Waals surface area (Å²) in [6.07, 6.45) is 4.77. The van der Waals surface area contributed by atoms with E-state index in [-0.39, 0.29) is 12.2 Å². The van der Waals surface area contributed by atoms with Crippen molar-refractivity contribution in [3.63, 3.8) is 0 Å². The molecular weight excluding hydrogens is 506 g/mol. The van der Waals surface area contributed by atoms with Crippen LogP contribution in [0.25, 0.3) is 26.8 Å². The first-order chi connectivity index (χ1) is 18.2. The number of hydrogen-bond acceptors (Lipinski definition) is 9. The minimum absolute atomic E-state index is 0.0116. The number of benzene rings is 1. The molecule has 0 unspecified atom stereocenters. The molecule has 10 nitrogen and oxygen atoms in total. The van der Waals surface area contributed by atoms with E-state index < -0.39 is 5.60 Å². The summed E-state index contributed by atoms with van der Waals surface area (Å²) in [5, 5.41) is 5.54. The highest BCUT2D eigenvalue weighted by molar-refractivity contribution is 7.19. The summed E-state index contributed by atoms with van der Waals surface area (Å²) in [7, 11) is 3.21. The SMILES string of the molecule is COc1ccc(-c2cn3nc(-c4ccc(OC5CCN(C(=O)OC(C)(C)C)CC5)c(OC)c4)sc3n2)cn1. The van der Waals surface area contributed by atoms with Gasteiger partial charge in [-0.05, 0) is 45.0 Å². The maximum atomic E-state index is 12.3. The molecule has 5 rings (SSSR count). The van der Waals surface area contributed by atoms with Gasteiger partial charge in [0.1, 0.15) is 16.7 Å². The molecule has 38 heavy (non-hydrogen) atoms. The van der Waals surface area contributed by atoms with E-state index in [4.69, 9.17) is 29.0 Å². The quantitative estimate of drug-likeness (QED) is 0.326. The number of fused-ring (bicyclic) bond motifs is 1. The van der Waals surface area contributed by atoms with Gasteiger partial charge in [-0.3, -0.25) is 0 Å². The average molecular weight is 538 g/mol. The van der Waals surface area contributed by atoms with Crippen LogP contribution < -0.4 is 14.2 Å². The van der Waals surface area contributed by atoms with E-state index in [1.54, 1.807) is 29.8 Å². The zero-order valence-electron chi connectivity index (χ0n) is 22.1. The van der Waals surface area contributed by atoms with E-state index in [1.165, 1.54) is 11.3 Å². The molecule has 1 fully saturated rings. The molecule has 0 N–H and O–H groups in total. The molecule has 0 bridgehead atoms. The number of aromatic nitrogens is 4. The van der Waals surface area contributed by atoms with Crippen molar-refractivity contribution in [2.45, 2.75) is 45.3 Å². The number of pyridine rings is 1. The van der Waals surface area contributed by atoms with Crippen molar-refractivity contribution in [1.82, 2.24) is 24.5 Å². The van der Waals surface area contributed by atoms with Crippen molar-refractivity contribution in [3.05, 3.63) is 42.7 Å². The van der Waals surface area contributed by atoms with Crippen molar-refractivity contribution >= 4 is 22.4 Å². The molecular formula is C27H31N5O5S. The van der Waals surface area contributed by atoms with Crippen molar-refractivity contribution < 1.29 is 23.7 Å². The van der Waals surface area contributed by atoms with Crippen LogP contribution in [0.15, 0.2) is 42.7 Å². The predicted octanol–water partition coefficient (Wildman–Crippen LogP) is 5.32. The van der Waals surface area contributed by atoms with E-state index in [9.17, 15) is 4.79 Å². The zero-order valence-corrected chi connectivity index (χ0v) is 22.9. The molecule has 4 aromatic rings. The van der Waals surface area contributed by atoms with E-state index >= 15 is 0 Å². The van der Waals surface area contributed by atoms with Gasteiger partial charge in [0.05, 0.1) is 26.1 Å². The Balaban J connectivity index is 1.25. The Morgan fingerprint density at radius 1 is 1.03 bits per heavy atom. The molecule has 1 aromatic carbocycles. The van der Waals surface area contributed by atoms with Gasteiger partial charge >= 0.3 is 6.09 Å². The Labute approximate surface area is 225 Å². The Hall–Kier alpha value is -3.86. The lowest BCUT2D eigenvalue weighted by molar-refractivity contribution is 0.0124. The van der Waals surface area contributed by atoms with Gasteiger partial charge in [-0.1, -0.05) is 11.3 Å². The van der Waals surface area contributed by atoms with Crippen LogP contribution >= 0.6 is 11.3 Å². The fraction of sp³-hybridized carbons (Fsp3) is 0.407. The van der Waals surface area contributed by atoms with Crippen LogP contribution in [0, 0.1) is 0 Å². The third-order valence-electron chi connectivity index (χ3n) is 6.08. The number of hydrogen-bond donors (Lipinski definition) is 0. The van der Waals surface area contributed by atoms with Crippen LogP contribution in [0.1, 0.15) is 33.6 Å². The van der Waals surface area contributed by atoms with Crippen LogP contribution in [0.2, 0.25) is 0 Å². The fourth-order valence-electron chi connectivity index (χ4n) is 4.17. The Bertz CT molecular complexity index is 1390. The highest BCUT2D eigenvalue weighted by Gasteiger charge is 2.28. The molecule has 3 aromatic heterocycles. The summed E-state index contributed by atoms with van der Waals surface area (Å²) in [5.41, 5.74) is 2.10. The van der Waals surface area contributed by atoms with Crippen molar-refractivity contribution in [1.29, 1.82) is 0 Å². The van der Waals surface area contributed by atoms with Gasteiger partial charge in [0.15, 0.2) is 11.5 Å². The third-order valence-corrected chi connectivity index (χ3v) is 7.05. The van der Waals surface area contributed by atoms with Crippen LogP contribution in [-0.4, -0.2) is 69.6 Å². The number of amides is 1. The van der Waals surface area contributed by atoms with Gasteiger partial charge in [-0.25, -0.2) is 19.3 Å². The lowest BCUT2D eigenvalue weighted by Gasteiger charge is -2.33.